The van der Waals surface area contributed by atoms with Crippen molar-refractivity contribution in [2.45, 2.75) is 43.9 Å². The Balaban J connectivity index is 2.50. The van der Waals surface area contributed by atoms with Crippen LogP contribution in [0.5, 0.6) is 0 Å². The van der Waals surface area contributed by atoms with E-state index in [-0.39, 0.29) is 5.91 Å². The third-order valence-corrected chi connectivity index (χ3v) is 3.59. The highest BCUT2D eigenvalue weighted by Gasteiger charge is 2.28. The highest BCUT2D eigenvalue weighted by molar-refractivity contribution is 9.09. The van der Waals surface area contributed by atoms with E-state index in [1.807, 2.05) is 44.2 Å². The summed E-state index contributed by atoms with van der Waals surface area (Å²) in [5, 5.41) is 3.02. The molecule has 2 nitrogen and oxygen atoms in total. The predicted octanol–water partition coefficient (Wildman–Crippen LogP) is 3.64. The number of benzene rings is 1. The van der Waals surface area contributed by atoms with Crippen LogP contribution >= 0.6 is 15.9 Å². The van der Waals surface area contributed by atoms with Crippen molar-refractivity contribution >= 4 is 21.8 Å². The van der Waals surface area contributed by atoms with Gasteiger partial charge in [-0.25, -0.2) is 0 Å². The molecule has 0 aliphatic rings. The van der Waals surface area contributed by atoms with Gasteiger partial charge in [0.25, 0.3) is 0 Å². The molecule has 0 spiro atoms. The van der Waals surface area contributed by atoms with Gasteiger partial charge in [0, 0.05) is 11.4 Å². The first kappa shape index (κ1) is 15.2. The van der Waals surface area contributed by atoms with Gasteiger partial charge in [-0.2, -0.15) is 0 Å². The number of alkyl halides is 1. The van der Waals surface area contributed by atoms with E-state index in [2.05, 4.69) is 28.2 Å². The predicted molar refractivity (Wildman–Crippen MR) is 80.1 cm³/mol. The van der Waals surface area contributed by atoms with Crippen LogP contribution < -0.4 is 5.32 Å². The molecule has 1 N–H and O–H groups in total. The van der Waals surface area contributed by atoms with Gasteiger partial charge in [-0.05, 0) is 32.3 Å². The Morgan fingerprint density at radius 2 is 1.94 bits per heavy atom. The van der Waals surface area contributed by atoms with Crippen molar-refractivity contribution in [2.24, 2.45) is 0 Å². The molecule has 0 bridgehead atoms. The summed E-state index contributed by atoms with van der Waals surface area (Å²) >= 11 is 3.51. The minimum Gasteiger partial charge on any atom is -0.355 e. The van der Waals surface area contributed by atoms with Crippen molar-refractivity contribution in [3.8, 4) is 0 Å². The molecule has 3 heteroatoms. The van der Waals surface area contributed by atoms with Gasteiger partial charge in [-0.3, -0.25) is 4.79 Å². The number of hydrogen-bond acceptors (Lipinski definition) is 1. The topological polar surface area (TPSA) is 29.1 Å². The summed E-state index contributed by atoms with van der Waals surface area (Å²) in [6.45, 7) is 6.79. The summed E-state index contributed by atoms with van der Waals surface area (Å²) in [6.07, 6.45) is 2.08. The number of carbonyl (C=O) groups is 1. The molecule has 1 atom stereocenters. The van der Waals surface area contributed by atoms with Gasteiger partial charge in [0.1, 0.15) is 0 Å². The lowest BCUT2D eigenvalue weighted by Crippen LogP contribution is -2.40. The Morgan fingerprint density at radius 1 is 1.33 bits per heavy atom. The Bertz CT molecular complexity index is 373. The molecule has 0 saturated heterocycles. The van der Waals surface area contributed by atoms with Crippen LogP contribution in [0.25, 0.3) is 0 Å². The average Bonchev–Trinajstić information content (AvgIpc) is 2.35. The third-order valence-electron chi connectivity index (χ3n) is 3.13. The summed E-state index contributed by atoms with van der Waals surface area (Å²) in [5.41, 5.74) is 0.581. The normalized spacial score (nSPS) is 13.1. The molecular formula is C15H22BrNO. The molecule has 1 amide bonds. The lowest BCUT2D eigenvalue weighted by Gasteiger charge is -2.24. The van der Waals surface area contributed by atoms with Crippen LogP contribution in [0.1, 0.15) is 39.2 Å². The molecule has 0 aromatic heterocycles. The molecule has 0 aliphatic heterocycles. The van der Waals surface area contributed by atoms with Crippen molar-refractivity contribution in [2.75, 3.05) is 6.54 Å². The number of amides is 1. The molecule has 0 radical (unpaired) electrons. The summed E-state index contributed by atoms with van der Waals surface area (Å²) in [5.74, 6) is 0.0934. The minimum absolute atomic E-state index is 0.0934. The molecule has 0 aliphatic carbocycles. The van der Waals surface area contributed by atoms with Gasteiger partial charge >= 0.3 is 0 Å². The maximum Gasteiger partial charge on any atom is 0.230 e. The van der Waals surface area contributed by atoms with E-state index in [1.54, 1.807) is 0 Å². The molecule has 1 aromatic carbocycles. The zero-order chi connectivity index (χ0) is 13.6. The van der Waals surface area contributed by atoms with E-state index in [0.717, 1.165) is 24.9 Å². The van der Waals surface area contributed by atoms with E-state index < -0.39 is 5.41 Å². The Hall–Kier alpha value is -0.830. The van der Waals surface area contributed by atoms with Crippen molar-refractivity contribution in [1.82, 2.24) is 5.32 Å². The smallest absolute Gasteiger partial charge is 0.230 e. The number of nitrogens with one attached hydrogen (secondary N) is 1. The second kappa shape index (κ2) is 6.93. The van der Waals surface area contributed by atoms with Crippen LogP contribution in [-0.4, -0.2) is 17.3 Å². The van der Waals surface area contributed by atoms with Crippen molar-refractivity contribution < 1.29 is 4.79 Å². The van der Waals surface area contributed by atoms with Crippen molar-refractivity contribution in [3.63, 3.8) is 0 Å². The lowest BCUT2D eigenvalue weighted by molar-refractivity contribution is -0.125. The largest absolute Gasteiger partial charge is 0.355 e. The first-order valence-electron chi connectivity index (χ1n) is 6.42. The molecule has 1 rings (SSSR count). The molecule has 0 heterocycles. The summed E-state index contributed by atoms with van der Waals surface area (Å²) in [6, 6.07) is 9.91. The van der Waals surface area contributed by atoms with Crippen LogP contribution in [0.15, 0.2) is 30.3 Å². The second-order valence-corrected chi connectivity index (χ2v) is 6.73. The number of halogens is 1. The first-order chi connectivity index (χ1) is 8.44. The molecule has 0 fully saturated rings. The summed E-state index contributed by atoms with van der Waals surface area (Å²) in [4.78, 5) is 12.7. The van der Waals surface area contributed by atoms with Gasteiger partial charge < -0.3 is 5.32 Å². The molecule has 0 saturated carbocycles. The van der Waals surface area contributed by atoms with E-state index in [1.165, 1.54) is 0 Å². The molecule has 1 unspecified atom stereocenters. The fraction of sp³-hybridized carbons (Fsp3) is 0.533. The van der Waals surface area contributed by atoms with Crippen LogP contribution in [0.2, 0.25) is 0 Å². The zero-order valence-electron chi connectivity index (χ0n) is 11.4. The van der Waals surface area contributed by atoms with Gasteiger partial charge in [-0.1, -0.05) is 53.2 Å². The monoisotopic (exact) mass is 311 g/mol. The van der Waals surface area contributed by atoms with Gasteiger partial charge in [-0.15, -0.1) is 0 Å². The SMILES string of the molecule is CC(Br)CCCNC(=O)C(C)(C)c1ccccc1. The van der Waals surface area contributed by atoms with Gasteiger partial charge in [0.15, 0.2) is 0 Å². The number of carbonyl (C=O) groups excluding carboxylic acids is 1. The highest BCUT2D eigenvalue weighted by Crippen LogP contribution is 2.22. The van der Waals surface area contributed by atoms with Crippen molar-refractivity contribution in [3.05, 3.63) is 35.9 Å². The van der Waals surface area contributed by atoms with Crippen LogP contribution in [0.3, 0.4) is 0 Å². The average molecular weight is 312 g/mol. The fourth-order valence-electron chi connectivity index (χ4n) is 1.79. The molecule has 100 valence electrons. The summed E-state index contributed by atoms with van der Waals surface area (Å²) < 4.78 is 0. The van der Waals surface area contributed by atoms with E-state index in [0.29, 0.717) is 4.83 Å². The van der Waals surface area contributed by atoms with Crippen LogP contribution in [-0.2, 0) is 10.2 Å². The maximum atomic E-state index is 12.2. The third kappa shape index (κ3) is 4.45. The Morgan fingerprint density at radius 3 is 2.50 bits per heavy atom. The number of rotatable bonds is 6. The first-order valence-corrected chi connectivity index (χ1v) is 7.34. The van der Waals surface area contributed by atoms with Gasteiger partial charge in [0.2, 0.25) is 5.91 Å². The van der Waals surface area contributed by atoms with Crippen molar-refractivity contribution in [1.29, 1.82) is 0 Å². The van der Waals surface area contributed by atoms with Gasteiger partial charge in [0.05, 0.1) is 5.41 Å². The maximum absolute atomic E-state index is 12.2. The number of hydrogen-bond donors (Lipinski definition) is 1. The van der Waals surface area contributed by atoms with E-state index >= 15 is 0 Å². The Kier molecular flexibility index (Phi) is 5.86. The van der Waals surface area contributed by atoms with E-state index in [9.17, 15) is 4.79 Å². The van der Waals surface area contributed by atoms with Crippen LogP contribution in [0, 0.1) is 0 Å². The summed E-state index contributed by atoms with van der Waals surface area (Å²) in [7, 11) is 0. The highest BCUT2D eigenvalue weighted by atomic mass is 79.9. The van der Waals surface area contributed by atoms with Crippen LogP contribution in [0.4, 0.5) is 0 Å². The quantitative estimate of drug-likeness (QED) is 0.630. The Labute approximate surface area is 118 Å². The molecule has 1 aromatic rings. The van der Waals surface area contributed by atoms with E-state index in [4.69, 9.17) is 0 Å². The fourth-order valence-corrected chi connectivity index (χ4v) is 2.12. The second-order valence-electron chi connectivity index (χ2n) is 5.17. The molecular weight excluding hydrogens is 290 g/mol. The standard InChI is InChI=1S/C15H22BrNO/c1-12(16)8-7-11-17-14(18)15(2,3)13-9-5-4-6-10-13/h4-6,9-10,12H,7-8,11H2,1-3H3,(H,17,18). The lowest BCUT2D eigenvalue weighted by atomic mass is 9.84. The minimum atomic E-state index is -0.471. The zero-order valence-corrected chi connectivity index (χ0v) is 13.0. The molecule has 18 heavy (non-hydrogen) atoms.